The number of thiophene rings is 1. The summed E-state index contributed by atoms with van der Waals surface area (Å²) in [5, 5.41) is 6.48. The second-order valence-corrected chi connectivity index (χ2v) is 7.34. The van der Waals surface area contributed by atoms with Crippen LogP contribution in [-0.2, 0) is 16.6 Å². The lowest BCUT2D eigenvalue weighted by molar-refractivity contribution is -0.129. The number of amides is 1. The van der Waals surface area contributed by atoms with Gasteiger partial charge in [-0.2, -0.15) is 5.10 Å². The van der Waals surface area contributed by atoms with Crippen LogP contribution in [0.3, 0.4) is 0 Å². The minimum Gasteiger partial charge on any atom is -0.370 e. The molecule has 0 saturated carbocycles. The molecule has 1 amide bonds. The number of carbonyl (C=O) groups excluding carboxylic acids is 1. The molecular weight excluding hydrogens is 324 g/mol. The molecule has 0 radical (unpaired) electrons. The summed E-state index contributed by atoms with van der Waals surface area (Å²) in [6.45, 7) is 3.03. The van der Waals surface area contributed by atoms with Crippen LogP contribution in [0.1, 0.15) is 23.8 Å². The summed E-state index contributed by atoms with van der Waals surface area (Å²) in [5.74, 6) is 0.932. The summed E-state index contributed by atoms with van der Waals surface area (Å²) in [7, 11) is 1.88. The number of anilines is 1. The third kappa shape index (κ3) is 2.99. The molecule has 0 aromatic carbocycles. The molecule has 2 atom stereocenters. The molecule has 4 rings (SSSR count). The molecule has 0 bridgehead atoms. The topological polar surface area (TPSA) is 50.6 Å². The molecule has 2 aliphatic rings. The van der Waals surface area contributed by atoms with Crippen molar-refractivity contribution < 1.29 is 9.53 Å². The van der Waals surface area contributed by atoms with E-state index in [1.807, 2.05) is 24.2 Å². The van der Waals surface area contributed by atoms with Gasteiger partial charge in [0.15, 0.2) is 5.82 Å². The van der Waals surface area contributed by atoms with Crippen molar-refractivity contribution >= 4 is 23.1 Å². The fraction of sp³-hybridized carbons (Fsp3) is 0.529. The van der Waals surface area contributed by atoms with Gasteiger partial charge in [0.1, 0.15) is 6.10 Å². The molecular formula is C17H22N4O2S. The number of ether oxygens (including phenoxy) is 1. The molecule has 2 saturated heterocycles. The molecule has 4 heterocycles. The summed E-state index contributed by atoms with van der Waals surface area (Å²) in [6, 6.07) is 6.01. The van der Waals surface area contributed by atoms with Crippen molar-refractivity contribution in [2.45, 2.75) is 25.0 Å². The monoisotopic (exact) mass is 346 g/mol. The lowest BCUT2D eigenvalue weighted by Crippen LogP contribution is -2.55. The Labute approximate surface area is 145 Å². The second-order valence-electron chi connectivity index (χ2n) is 6.37. The standard InChI is InChI=1S/C17H22N4O2S/c1-19-8-6-16(18-19)21-7-2-4-13(17(21)22)20-9-10-23-14(12-20)15-5-3-11-24-15/h3,5-6,8,11,13-14H,2,4,7,9-10,12H2,1H3. The van der Waals surface area contributed by atoms with E-state index >= 15 is 0 Å². The molecule has 7 heteroatoms. The van der Waals surface area contributed by atoms with E-state index in [4.69, 9.17) is 4.74 Å². The van der Waals surface area contributed by atoms with Crippen molar-refractivity contribution in [1.82, 2.24) is 14.7 Å². The highest BCUT2D eigenvalue weighted by Crippen LogP contribution is 2.29. The molecule has 2 aliphatic heterocycles. The van der Waals surface area contributed by atoms with E-state index in [1.165, 1.54) is 4.88 Å². The van der Waals surface area contributed by atoms with E-state index in [1.54, 1.807) is 16.0 Å². The Balaban J connectivity index is 1.49. The van der Waals surface area contributed by atoms with Crippen LogP contribution >= 0.6 is 11.3 Å². The number of carbonyl (C=O) groups is 1. The number of rotatable bonds is 3. The number of piperidine rings is 1. The third-order valence-corrected chi connectivity index (χ3v) is 5.75. The first-order valence-electron chi connectivity index (χ1n) is 8.42. The maximum absolute atomic E-state index is 13.0. The first kappa shape index (κ1) is 15.8. The molecule has 0 N–H and O–H groups in total. The summed E-state index contributed by atoms with van der Waals surface area (Å²) >= 11 is 1.72. The quantitative estimate of drug-likeness (QED) is 0.854. The fourth-order valence-electron chi connectivity index (χ4n) is 3.57. The Hall–Kier alpha value is -1.70. The molecule has 2 fully saturated rings. The predicted molar refractivity (Wildman–Crippen MR) is 93.2 cm³/mol. The van der Waals surface area contributed by atoms with E-state index in [0.29, 0.717) is 6.61 Å². The van der Waals surface area contributed by atoms with Gasteiger partial charge < -0.3 is 4.74 Å². The highest BCUT2D eigenvalue weighted by atomic mass is 32.1. The van der Waals surface area contributed by atoms with Crippen LogP contribution in [0, 0.1) is 0 Å². The molecule has 6 nitrogen and oxygen atoms in total. The summed E-state index contributed by atoms with van der Waals surface area (Å²) in [6.07, 6.45) is 3.89. The van der Waals surface area contributed by atoms with Gasteiger partial charge in [-0.3, -0.25) is 19.3 Å². The number of aromatic nitrogens is 2. The van der Waals surface area contributed by atoms with Gasteiger partial charge in [-0.1, -0.05) is 6.07 Å². The Bertz CT molecular complexity index is 699. The van der Waals surface area contributed by atoms with Gasteiger partial charge in [0, 0.05) is 43.8 Å². The zero-order valence-corrected chi connectivity index (χ0v) is 14.6. The lowest BCUT2D eigenvalue weighted by Gasteiger charge is -2.41. The van der Waals surface area contributed by atoms with Gasteiger partial charge in [-0.25, -0.2) is 0 Å². The summed E-state index contributed by atoms with van der Waals surface area (Å²) < 4.78 is 7.67. The molecule has 2 aromatic rings. The highest BCUT2D eigenvalue weighted by Gasteiger charge is 2.37. The average Bonchev–Trinajstić information content (AvgIpc) is 3.27. The van der Waals surface area contributed by atoms with Crippen molar-refractivity contribution in [3.63, 3.8) is 0 Å². The van der Waals surface area contributed by atoms with E-state index in [2.05, 4.69) is 27.5 Å². The second kappa shape index (κ2) is 6.66. The highest BCUT2D eigenvalue weighted by molar-refractivity contribution is 7.10. The van der Waals surface area contributed by atoms with Crippen LogP contribution in [0.15, 0.2) is 29.8 Å². The smallest absolute Gasteiger partial charge is 0.245 e. The van der Waals surface area contributed by atoms with Gasteiger partial charge in [0.05, 0.1) is 12.6 Å². The maximum atomic E-state index is 13.0. The SMILES string of the molecule is Cn1ccc(N2CCCC(N3CCOC(c4cccs4)C3)C2=O)n1. The molecule has 0 aliphatic carbocycles. The van der Waals surface area contributed by atoms with Crippen LogP contribution in [-0.4, -0.2) is 52.9 Å². The van der Waals surface area contributed by atoms with Crippen molar-refractivity contribution in [3.8, 4) is 0 Å². The zero-order chi connectivity index (χ0) is 16.5. The molecule has 2 unspecified atom stereocenters. The van der Waals surface area contributed by atoms with Gasteiger partial charge >= 0.3 is 0 Å². The normalized spacial score (nSPS) is 26.0. The first-order valence-corrected chi connectivity index (χ1v) is 9.30. The van der Waals surface area contributed by atoms with Crippen LogP contribution in [0.25, 0.3) is 0 Å². The zero-order valence-electron chi connectivity index (χ0n) is 13.8. The lowest BCUT2D eigenvalue weighted by atomic mass is 10.0. The van der Waals surface area contributed by atoms with Gasteiger partial charge in [-0.15, -0.1) is 11.3 Å². The van der Waals surface area contributed by atoms with Crippen LogP contribution in [0.5, 0.6) is 0 Å². The number of nitrogens with zero attached hydrogens (tertiary/aromatic N) is 4. The van der Waals surface area contributed by atoms with Crippen LogP contribution < -0.4 is 4.90 Å². The Morgan fingerprint density at radius 2 is 2.25 bits per heavy atom. The van der Waals surface area contributed by atoms with E-state index in [0.717, 1.165) is 38.3 Å². The van der Waals surface area contributed by atoms with E-state index in [-0.39, 0.29) is 18.1 Å². The number of aryl methyl sites for hydroxylation is 1. The Morgan fingerprint density at radius 1 is 1.33 bits per heavy atom. The number of hydrogen-bond donors (Lipinski definition) is 0. The van der Waals surface area contributed by atoms with Gasteiger partial charge in [-0.05, 0) is 24.3 Å². The molecule has 2 aromatic heterocycles. The summed E-state index contributed by atoms with van der Waals surface area (Å²) in [5.41, 5.74) is 0. The predicted octanol–water partition coefficient (Wildman–Crippen LogP) is 2.05. The molecule has 0 spiro atoms. The van der Waals surface area contributed by atoms with Gasteiger partial charge in [0.25, 0.3) is 0 Å². The van der Waals surface area contributed by atoms with E-state index < -0.39 is 0 Å². The molecule has 24 heavy (non-hydrogen) atoms. The minimum atomic E-state index is -0.0629. The fourth-order valence-corrected chi connectivity index (χ4v) is 4.33. The van der Waals surface area contributed by atoms with Crippen LogP contribution in [0.4, 0.5) is 5.82 Å². The largest absolute Gasteiger partial charge is 0.370 e. The van der Waals surface area contributed by atoms with Crippen molar-refractivity contribution in [2.24, 2.45) is 7.05 Å². The Morgan fingerprint density at radius 3 is 3.00 bits per heavy atom. The number of hydrogen-bond acceptors (Lipinski definition) is 5. The maximum Gasteiger partial charge on any atom is 0.245 e. The molecule has 128 valence electrons. The van der Waals surface area contributed by atoms with Crippen molar-refractivity contribution in [1.29, 1.82) is 0 Å². The third-order valence-electron chi connectivity index (χ3n) is 4.79. The van der Waals surface area contributed by atoms with Crippen molar-refractivity contribution in [3.05, 3.63) is 34.7 Å². The van der Waals surface area contributed by atoms with E-state index in [9.17, 15) is 4.79 Å². The Kier molecular flexibility index (Phi) is 4.39. The van der Waals surface area contributed by atoms with Crippen molar-refractivity contribution in [2.75, 3.05) is 31.1 Å². The first-order chi connectivity index (χ1) is 11.7. The average molecular weight is 346 g/mol. The van der Waals surface area contributed by atoms with Gasteiger partial charge in [0.2, 0.25) is 5.91 Å². The van der Waals surface area contributed by atoms with Crippen LogP contribution in [0.2, 0.25) is 0 Å². The number of morpholine rings is 1. The minimum absolute atomic E-state index is 0.0629. The summed E-state index contributed by atoms with van der Waals surface area (Å²) in [4.78, 5) is 18.4.